The first-order valence-electron chi connectivity index (χ1n) is 11.3. The van der Waals surface area contributed by atoms with Gasteiger partial charge in [-0.1, -0.05) is 59.8 Å². The van der Waals surface area contributed by atoms with E-state index in [9.17, 15) is 14.7 Å². The molecule has 1 heterocycles. The van der Waals surface area contributed by atoms with Crippen molar-refractivity contribution in [2.75, 3.05) is 20.2 Å². The predicted octanol–water partition coefficient (Wildman–Crippen LogP) is 3.55. The summed E-state index contributed by atoms with van der Waals surface area (Å²) in [5, 5.41) is 17.1. The van der Waals surface area contributed by atoms with E-state index in [1.54, 1.807) is 36.4 Å². The summed E-state index contributed by atoms with van der Waals surface area (Å²) in [6.07, 6.45) is -0.614. The minimum Gasteiger partial charge on any atom is -0.457 e. The Hall–Kier alpha value is -4.17. The molecule has 8 heteroatoms. The number of para-hydroxylation sites is 1. The zero-order valence-corrected chi connectivity index (χ0v) is 19.3. The number of nitrogens with one attached hydrogen (secondary N) is 1. The molecule has 35 heavy (non-hydrogen) atoms. The van der Waals surface area contributed by atoms with Gasteiger partial charge in [-0.05, 0) is 35.9 Å². The number of ether oxygens (including phenoxy) is 1. The van der Waals surface area contributed by atoms with Crippen molar-refractivity contribution in [1.82, 2.24) is 10.2 Å². The van der Waals surface area contributed by atoms with Gasteiger partial charge in [0, 0.05) is 18.5 Å². The molecular formula is C27H27N3O5. The zero-order valence-electron chi connectivity index (χ0n) is 19.3. The molecule has 2 N–H and O–H groups in total. The lowest BCUT2D eigenvalue weighted by Crippen LogP contribution is -2.46. The van der Waals surface area contributed by atoms with E-state index in [2.05, 4.69) is 10.5 Å². The van der Waals surface area contributed by atoms with Gasteiger partial charge < -0.3 is 24.9 Å². The SMILES string of the molecule is CO/N=C1\CC(C(=O)NCC(O)c2ccccc2)N(C(=O)c2cccc(Oc3ccccc3)c2)C1. The summed E-state index contributed by atoms with van der Waals surface area (Å²) in [5.41, 5.74) is 1.67. The van der Waals surface area contributed by atoms with Gasteiger partial charge in [-0.25, -0.2) is 0 Å². The number of nitrogens with zero attached hydrogens (tertiary/aromatic N) is 2. The third-order valence-corrected chi connectivity index (χ3v) is 5.66. The third-order valence-electron chi connectivity index (χ3n) is 5.66. The molecule has 0 aliphatic carbocycles. The van der Waals surface area contributed by atoms with Crippen LogP contribution >= 0.6 is 0 Å². The van der Waals surface area contributed by atoms with Gasteiger partial charge in [0.05, 0.1) is 18.4 Å². The average molecular weight is 474 g/mol. The van der Waals surface area contributed by atoms with Crippen LogP contribution in [0, 0.1) is 0 Å². The molecule has 1 fully saturated rings. The van der Waals surface area contributed by atoms with Crippen LogP contribution in [0.15, 0.2) is 90.1 Å². The van der Waals surface area contributed by atoms with Crippen LogP contribution in [0.2, 0.25) is 0 Å². The normalized spacial score (nSPS) is 17.1. The molecule has 8 nitrogen and oxygen atoms in total. The average Bonchev–Trinajstić information content (AvgIpc) is 3.32. The van der Waals surface area contributed by atoms with Crippen LogP contribution in [0.1, 0.15) is 28.4 Å². The first-order chi connectivity index (χ1) is 17.0. The minimum atomic E-state index is -0.857. The highest BCUT2D eigenvalue weighted by Gasteiger charge is 2.38. The van der Waals surface area contributed by atoms with E-state index >= 15 is 0 Å². The van der Waals surface area contributed by atoms with Gasteiger partial charge in [0.1, 0.15) is 24.7 Å². The number of aliphatic hydroxyl groups excluding tert-OH is 1. The van der Waals surface area contributed by atoms with Crippen molar-refractivity contribution in [2.24, 2.45) is 5.16 Å². The van der Waals surface area contributed by atoms with Crippen LogP contribution in [-0.2, 0) is 9.63 Å². The third kappa shape index (κ3) is 6.04. The molecule has 3 aromatic carbocycles. The topological polar surface area (TPSA) is 100 Å². The number of benzene rings is 3. The number of aliphatic hydroxyl groups is 1. The first kappa shape index (κ1) is 24.0. The second-order valence-corrected chi connectivity index (χ2v) is 8.11. The van der Waals surface area contributed by atoms with E-state index in [4.69, 9.17) is 9.57 Å². The smallest absolute Gasteiger partial charge is 0.255 e. The van der Waals surface area contributed by atoms with Crippen molar-refractivity contribution in [3.63, 3.8) is 0 Å². The highest BCUT2D eigenvalue weighted by Crippen LogP contribution is 2.25. The fourth-order valence-corrected chi connectivity index (χ4v) is 3.94. The highest BCUT2D eigenvalue weighted by molar-refractivity contribution is 6.05. The molecule has 0 saturated carbocycles. The summed E-state index contributed by atoms with van der Waals surface area (Å²) in [4.78, 5) is 32.8. The quantitative estimate of drug-likeness (QED) is 0.488. The van der Waals surface area contributed by atoms with Crippen LogP contribution in [-0.4, -0.2) is 53.8 Å². The maximum absolute atomic E-state index is 13.4. The Morgan fingerprint density at radius 2 is 1.71 bits per heavy atom. The molecule has 4 rings (SSSR count). The molecule has 1 aliphatic rings. The van der Waals surface area contributed by atoms with Crippen molar-refractivity contribution < 1.29 is 24.3 Å². The molecule has 0 aromatic heterocycles. The van der Waals surface area contributed by atoms with Gasteiger partial charge in [0.25, 0.3) is 5.91 Å². The molecule has 0 bridgehead atoms. The number of likely N-dealkylation sites (tertiary alicyclic amines) is 1. The van der Waals surface area contributed by atoms with E-state index in [1.807, 2.05) is 48.5 Å². The monoisotopic (exact) mass is 473 g/mol. The van der Waals surface area contributed by atoms with Crippen molar-refractivity contribution >= 4 is 17.5 Å². The molecule has 3 aromatic rings. The van der Waals surface area contributed by atoms with Crippen LogP contribution in [0.4, 0.5) is 0 Å². The summed E-state index contributed by atoms with van der Waals surface area (Å²) in [6.45, 7) is 0.189. The lowest BCUT2D eigenvalue weighted by atomic mass is 10.1. The molecule has 0 spiro atoms. The Morgan fingerprint density at radius 3 is 2.43 bits per heavy atom. The maximum atomic E-state index is 13.4. The molecule has 180 valence electrons. The van der Waals surface area contributed by atoms with E-state index in [-0.39, 0.29) is 31.3 Å². The number of amides is 2. The maximum Gasteiger partial charge on any atom is 0.255 e. The Labute approximate surface area is 203 Å². The lowest BCUT2D eigenvalue weighted by Gasteiger charge is -2.24. The van der Waals surface area contributed by atoms with Gasteiger partial charge in [0.15, 0.2) is 0 Å². The summed E-state index contributed by atoms with van der Waals surface area (Å²) in [7, 11) is 1.42. The fraction of sp³-hybridized carbons (Fsp3) is 0.222. The second kappa shape index (κ2) is 11.3. The van der Waals surface area contributed by atoms with Gasteiger partial charge in [0.2, 0.25) is 5.91 Å². The van der Waals surface area contributed by atoms with E-state index in [1.165, 1.54) is 12.0 Å². The van der Waals surface area contributed by atoms with Crippen LogP contribution in [0.3, 0.4) is 0 Å². The number of carbonyl (C=O) groups excluding carboxylic acids is 2. The predicted molar refractivity (Wildman–Crippen MR) is 131 cm³/mol. The van der Waals surface area contributed by atoms with Crippen LogP contribution in [0.25, 0.3) is 0 Å². The highest BCUT2D eigenvalue weighted by atomic mass is 16.6. The Kier molecular flexibility index (Phi) is 7.74. The largest absolute Gasteiger partial charge is 0.457 e. The fourth-order valence-electron chi connectivity index (χ4n) is 3.94. The Bertz CT molecular complexity index is 1180. The summed E-state index contributed by atoms with van der Waals surface area (Å²) >= 11 is 0. The van der Waals surface area contributed by atoms with Crippen molar-refractivity contribution in [3.05, 3.63) is 96.1 Å². The van der Waals surface area contributed by atoms with Gasteiger partial charge in [-0.15, -0.1) is 0 Å². The van der Waals surface area contributed by atoms with Gasteiger partial charge in [-0.3, -0.25) is 9.59 Å². The van der Waals surface area contributed by atoms with E-state index in [0.29, 0.717) is 28.3 Å². The summed E-state index contributed by atoms with van der Waals surface area (Å²) < 4.78 is 5.85. The molecule has 2 unspecified atom stereocenters. The Morgan fingerprint density at radius 1 is 1.03 bits per heavy atom. The van der Waals surface area contributed by atoms with Crippen molar-refractivity contribution in [3.8, 4) is 11.5 Å². The first-order valence-corrected chi connectivity index (χ1v) is 11.3. The van der Waals surface area contributed by atoms with Crippen molar-refractivity contribution in [1.29, 1.82) is 0 Å². The zero-order chi connectivity index (χ0) is 24.6. The minimum absolute atomic E-state index is 0.0263. The van der Waals surface area contributed by atoms with Crippen LogP contribution < -0.4 is 10.1 Å². The van der Waals surface area contributed by atoms with Crippen LogP contribution in [0.5, 0.6) is 11.5 Å². The van der Waals surface area contributed by atoms with Gasteiger partial charge >= 0.3 is 0 Å². The van der Waals surface area contributed by atoms with Gasteiger partial charge in [-0.2, -0.15) is 0 Å². The Balaban J connectivity index is 1.48. The molecule has 1 saturated heterocycles. The molecule has 1 aliphatic heterocycles. The van der Waals surface area contributed by atoms with E-state index < -0.39 is 12.1 Å². The van der Waals surface area contributed by atoms with Crippen molar-refractivity contribution in [2.45, 2.75) is 18.6 Å². The molecule has 2 amide bonds. The van der Waals surface area contributed by atoms with E-state index in [0.717, 1.165) is 0 Å². The molecule has 0 radical (unpaired) electrons. The molecule has 2 atom stereocenters. The number of hydrogen-bond acceptors (Lipinski definition) is 6. The number of carbonyl (C=O) groups is 2. The summed E-state index contributed by atoms with van der Waals surface area (Å²) in [5.74, 6) is 0.473. The number of oxime groups is 1. The summed E-state index contributed by atoms with van der Waals surface area (Å²) in [6, 6.07) is 24.4. The second-order valence-electron chi connectivity index (χ2n) is 8.11. The number of rotatable bonds is 8. The molecular weight excluding hydrogens is 446 g/mol. The lowest BCUT2D eigenvalue weighted by molar-refractivity contribution is -0.125. The number of hydrogen-bond donors (Lipinski definition) is 2. The standard InChI is InChI=1S/C27H27N3O5/c1-34-29-21-16-24(26(32)28-17-25(31)19-9-4-2-5-10-19)30(18-21)27(33)20-11-8-14-23(15-20)35-22-12-6-3-7-13-22/h2-15,24-25,31H,16-18H2,1H3,(H,28,32)/b29-21+.